The summed E-state index contributed by atoms with van der Waals surface area (Å²) in [7, 11) is 0. The van der Waals surface area contributed by atoms with Gasteiger partial charge in [0, 0.05) is 18.3 Å². The average Bonchev–Trinajstić information content (AvgIpc) is 2.36. The third-order valence-electron chi connectivity index (χ3n) is 2.62. The van der Waals surface area contributed by atoms with Gasteiger partial charge in [-0.1, -0.05) is 12.1 Å². The number of hydrogen-bond donors (Lipinski definition) is 2. The molecule has 1 atom stereocenters. The van der Waals surface area contributed by atoms with Crippen LogP contribution in [0, 0.1) is 17.5 Å². The van der Waals surface area contributed by atoms with E-state index in [2.05, 4.69) is 5.32 Å². The molecule has 0 radical (unpaired) electrons. The highest BCUT2D eigenvalue weighted by Gasteiger charge is 2.08. The van der Waals surface area contributed by atoms with Gasteiger partial charge in [0.1, 0.15) is 17.5 Å². The monoisotopic (exact) mass is 267 g/mol. The summed E-state index contributed by atoms with van der Waals surface area (Å²) in [6.07, 6.45) is -0.896. The largest absolute Gasteiger partial charge is 0.387 e. The third-order valence-corrected chi connectivity index (χ3v) is 2.62. The maximum absolute atomic E-state index is 12.9. The van der Waals surface area contributed by atoms with Crippen LogP contribution in [0.15, 0.2) is 42.5 Å². The molecule has 0 heterocycles. The molecule has 2 rings (SSSR count). The predicted octanol–water partition coefficient (Wildman–Crippen LogP) is 3.25. The van der Waals surface area contributed by atoms with Crippen molar-refractivity contribution in [3.05, 3.63) is 65.5 Å². The van der Waals surface area contributed by atoms with Crippen LogP contribution in [-0.4, -0.2) is 11.7 Å². The normalized spacial score (nSPS) is 12.2. The number of anilines is 1. The number of hydrogen-bond acceptors (Lipinski definition) is 2. The number of halogens is 3. The molecule has 0 bridgehead atoms. The number of nitrogens with one attached hydrogen (secondary N) is 1. The molecule has 0 aliphatic heterocycles. The second-order valence-electron chi connectivity index (χ2n) is 4.11. The minimum Gasteiger partial charge on any atom is -0.387 e. The Balaban J connectivity index is 1.99. The van der Waals surface area contributed by atoms with Gasteiger partial charge >= 0.3 is 0 Å². The van der Waals surface area contributed by atoms with Crippen LogP contribution in [0.5, 0.6) is 0 Å². The van der Waals surface area contributed by atoms with Gasteiger partial charge in [-0.2, -0.15) is 0 Å². The topological polar surface area (TPSA) is 32.3 Å². The van der Waals surface area contributed by atoms with Crippen LogP contribution in [0.2, 0.25) is 0 Å². The van der Waals surface area contributed by atoms with E-state index >= 15 is 0 Å². The summed E-state index contributed by atoms with van der Waals surface area (Å²) in [5, 5.41) is 12.6. The second kappa shape index (κ2) is 5.75. The first-order valence-corrected chi connectivity index (χ1v) is 5.68. The Morgan fingerprint density at radius 1 is 0.895 bits per heavy atom. The fourth-order valence-electron chi connectivity index (χ4n) is 1.67. The third kappa shape index (κ3) is 3.72. The van der Waals surface area contributed by atoms with Crippen molar-refractivity contribution in [3.63, 3.8) is 0 Å². The smallest absolute Gasteiger partial charge is 0.128 e. The maximum atomic E-state index is 12.9. The van der Waals surface area contributed by atoms with Crippen molar-refractivity contribution in [2.24, 2.45) is 0 Å². The second-order valence-corrected chi connectivity index (χ2v) is 4.11. The SMILES string of the molecule is OC(CNc1cc(F)cc(F)c1)c1ccc(F)cc1. The minimum absolute atomic E-state index is 0.0640. The predicted molar refractivity (Wildman–Crippen MR) is 66.2 cm³/mol. The van der Waals surface area contributed by atoms with Gasteiger partial charge in [-0.3, -0.25) is 0 Å². The molecule has 5 heteroatoms. The van der Waals surface area contributed by atoms with Crippen LogP contribution in [0.3, 0.4) is 0 Å². The average molecular weight is 267 g/mol. The van der Waals surface area contributed by atoms with Gasteiger partial charge in [-0.05, 0) is 29.8 Å². The molecular weight excluding hydrogens is 255 g/mol. The molecule has 0 fully saturated rings. The quantitative estimate of drug-likeness (QED) is 0.891. The van der Waals surface area contributed by atoms with Crippen LogP contribution < -0.4 is 5.32 Å². The van der Waals surface area contributed by atoms with Gasteiger partial charge in [0.15, 0.2) is 0 Å². The van der Waals surface area contributed by atoms with Crippen LogP contribution in [-0.2, 0) is 0 Å². The van der Waals surface area contributed by atoms with E-state index < -0.39 is 23.6 Å². The zero-order valence-corrected chi connectivity index (χ0v) is 9.91. The van der Waals surface area contributed by atoms with Gasteiger partial charge in [0.25, 0.3) is 0 Å². The Bertz CT molecular complexity index is 537. The van der Waals surface area contributed by atoms with Gasteiger partial charge in [-0.25, -0.2) is 13.2 Å². The summed E-state index contributed by atoms with van der Waals surface area (Å²) in [6.45, 7) is 0.0640. The summed E-state index contributed by atoms with van der Waals surface area (Å²) in [5.74, 6) is -1.78. The molecule has 0 saturated carbocycles. The zero-order valence-electron chi connectivity index (χ0n) is 9.91. The summed E-state index contributed by atoms with van der Waals surface area (Å²) in [6, 6.07) is 8.39. The minimum atomic E-state index is -0.896. The van der Waals surface area contributed by atoms with Crippen molar-refractivity contribution >= 4 is 5.69 Å². The van der Waals surface area contributed by atoms with Crippen molar-refractivity contribution < 1.29 is 18.3 Å². The molecular formula is C14H12F3NO. The lowest BCUT2D eigenvalue weighted by atomic mass is 10.1. The van der Waals surface area contributed by atoms with E-state index in [4.69, 9.17) is 0 Å². The van der Waals surface area contributed by atoms with Gasteiger partial charge in [0.05, 0.1) is 6.10 Å². The number of aliphatic hydroxyl groups excluding tert-OH is 1. The van der Waals surface area contributed by atoms with Gasteiger partial charge in [-0.15, -0.1) is 0 Å². The van der Waals surface area contributed by atoms with Gasteiger partial charge < -0.3 is 10.4 Å². The van der Waals surface area contributed by atoms with Crippen molar-refractivity contribution in [2.75, 3.05) is 11.9 Å². The van der Waals surface area contributed by atoms with E-state index in [1.54, 1.807) is 0 Å². The summed E-state index contributed by atoms with van der Waals surface area (Å²) in [4.78, 5) is 0. The Hall–Kier alpha value is -2.01. The van der Waals surface area contributed by atoms with Crippen LogP contribution in [0.4, 0.5) is 18.9 Å². The van der Waals surface area contributed by atoms with Crippen molar-refractivity contribution in [1.82, 2.24) is 0 Å². The molecule has 100 valence electrons. The Morgan fingerprint density at radius 3 is 2.05 bits per heavy atom. The number of benzene rings is 2. The van der Waals surface area contributed by atoms with Crippen molar-refractivity contribution in [3.8, 4) is 0 Å². The first-order chi connectivity index (χ1) is 9.04. The standard InChI is InChI=1S/C14H12F3NO/c15-10-3-1-9(2-4-10)14(19)8-18-13-6-11(16)5-12(17)7-13/h1-7,14,18-19H,8H2. The summed E-state index contributed by atoms with van der Waals surface area (Å²) < 4.78 is 38.6. The first-order valence-electron chi connectivity index (χ1n) is 5.68. The molecule has 0 amide bonds. The Labute approximate surface area is 108 Å². The molecule has 2 nitrogen and oxygen atoms in total. The molecule has 0 saturated heterocycles. The summed E-state index contributed by atoms with van der Waals surface area (Å²) in [5.41, 5.74) is 0.754. The molecule has 2 N–H and O–H groups in total. The first kappa shape index (κ1) is 13.4. The van der Waals surface area contributed by atoms with Crippen molar-refractivity contribution in [1.29, 1.82) is 0 Å². The van der Waals surface area contributed by atoms with E-state index in [1.165, 1.54) is 24.3 Å². The molecule has 0 spiro atoms. The van der Waals surface area contributed by atoms with Crippen LogP contribution in [0.1, 0.15) is 11.7 Å². The van der Waals surface area contributed by atoms with E-state index in [-0.39, 0.29) is 12.2 Å². The highest BCUT2D eigenvalue weighted by molar-refractivity contribution is 5.44. The highest BCUT2D eigenvalue weighted by Crippen LogP contribution is 2.17. The number of rotatable bonds is 4. The van der Waals surface area contributed by atoms with Crippen molar-refractivity contribution in [2.45, 2.75) is 6.10 Å². The highest BCUT2D eigenvalue weighted by atomic mass is 19.1. The van der Waals surface area contributed by atoms with Crippen LogP contribution in [0.25, 0.3) is 0 Å². The number of aliphatic hydroxyl groups is 1. The van der Waals surface area contributed by atoms with E-state index in [0.29, 0.717) is 5.56 Å². The molecule has 0 aliphatic carbocycles. The van der Waals surface area contributed by atoms with Crippen LogP contribution >= 0.6 is 0 Å². The Morgan fingerprint density at radius 2 is 1.47 bits per heavy atom. The zero-order chi connectivity index (χ0) is 13.8. The van der Waals surface area contributed by atoms with E-state index in [0.717, 1.165) is 18.2 Å². The lowest BCUT2D eigenvalue weighted by Gasteiger charge is -2.13. The molecule has 0 aliphatic rings. The van der Waals surface area contributed by atoms with Gasteiger partial charge in [0.2, 0.25) is 0 Å². The van der Waals surface area contributed by atoms with E-state index in [9.17, 15) is 18.3 Å². The molecule has 2 aromatic carbocycles. The van der Waals surface area contributed by atoms with E-state index in [1.807, 2.05) is 0 Å². The molecule has 1 unspecified atom stereocenters. The fraction of sp³-hybridized carbons (Fsp3) is 0.143. The lowest BCUT2D eigenvalue weighted by molar-refractivity contribution is 0.191. The molecule has 2 aromatic rings. The Kier molecular flexibility index (Phi) is 4.06. The fourth-order valence-corrected chi connectivity index (χ4v) is 1.67. The lowest BCUT2D eigenvalue weighted by Crippen LogP contribution is -2.12. The maximum Gasteiger partial charge on any atom is 0.128 e. The molecule has 0 aromatic heterocycles. The summed E-state index contributed by atoms with van der Waals surface area (Å²) >= 11 is 0. The molecule has 19 heavy (non-hydrogen) atoms.